The number of hydrogen-bond acceptors (Lipinski definition) is 1. The van der Waals surface area contributed by atoms with E-state index in [1.165, 1.54) is 12.1 Å². The average Bonchev–Trinajstić information content (AvgIpc) is 2.41. The van der Waals surface area contributed by atoms with Crippen LogP contribution in [0.15, 0.2) is 42.5 Å². The molecular formula is C14H8ClF4NO. The second-order valence-corrected chi connectivity index (χ2v) is 4.59. The van der Waals surface area contributed by atoms with Gasteiger partial charge in [0.1, 0.15) is 5.82 Å². The highest BCUT2D eigenvalue weighted by Crippen LogP contribution is 2.29. The fourth-order valence-electron chi connectivity index (χ4n) is 1.60. The Morgan fingerprint density at radius 1 is 1.05 bits per heavy atom. The van der Waals surface area contributed by atoms with E-state index < -0.39 is 23.5 Å². The van der Waals surface area contributed by atoms with Gasteiger partial charge in [-0.1, -0.05) is 11.6 Å². The lowest BCUT2D eigenvalue weighted by molar-refractivity contribution is -0.137. The zero-order valence-corrected chi connectivity index (χ0v) is 11.1. The van der Waals surface area contributed by atoms with Crippen molar-refractivity contribution in [3.05, 3.63) is 64.4 Å². The van der Waals surface area contributed by atoms with Crippen LogP contribution < -0.4 is 5.32 Å². The van der Waals surface area contributed by atoms with Crippen molar-refractivity contribution in [1.82, 2.24) is 0 Å². The van der Waals surface area contributed by atoms with Crippen LogP contribution in [0.25, 0.3) is 0 Å². The fourth-order valence-corrected chi connectivity index (χ4v) is 1.75. The standard InChI is InChI=1S/C14H8ClF4NO/c15-10-5-6-12(11(16)7-10)20-13(21)8-1-3-9(4-2-8)14(17,18)19/h1-7H,(H,20,21). The van der Waals surface area contributed by atoms with Gasteiger partial charge in [0, 0.05) is 10.6 Å². The van der Waals surface area contributed by atoms with E-state index in [1.807, 2.05) is 0 Å². The second-order valence-electron chi connectivity index (χ2n) is 4.15. The zero-order valence-electron chi connectivity index (χ0n) is 10.3. The molecule has 0 heterocycles. The van der Waals surface area contributed by atoms with Crippen molar-refractivity contribution in [2.75, 3.05) is 5.32 Å². The molecule has 2 aromatic rings. The van der Waals surface area contributed by atoms with Gasteiger partial charge in [-0.05, 0) is 42.5 Å². The van der Waals surface area contributed by atoms with Crippen LogP contribution in [0.1, 0.15) is 15.9 Å². The van der Waals surface area contributed by atoms with Crippen molar-refractivity contribution < 1.29 is 22.4 Å². The summed E-state index contributed by atoms with van der Waals surface area (Å²) in [5.41, 5.74) is -0.988. The predicted molar refractivity (Wildman–Crippen MR) is 70.8 cm³/mol. The Labute approximate surface area is 122 Å². The number of alkyl halides is 3. The van der Waals surface area contributed by atoms with E-state index in [0.29, 0.717) is 0 Å². The van der Waals surface area contributed by atoms with Crippen molar-refractivity contribution >= 4 is 23.2 Å². The zero-order chi connectivity index (χ0) is 15.6. The molecule has 0 fully saturated rings. The van der Waals surface area contributed by atoms with Crippen LogP contribution in [-0.4, -0.2) is 5.91 Å². The van der Waals surface area contributed by atoms with E-state index in [4.69, 9.17) is 11.6 Å². The van der Waals surface area contributed by atoms with Gasteiger partial charge in [-0.15, -0.1) is 0 Å². The van der Waals surface area contributed by atoms with Gasteiger partial charge < -0.3 is 5.32 Å². The summed E-state index contributed by atoms with van der Waals surface area (Å²) in [6, 6.07) is 7.27. The van der Waals surface area contributed by atoms with E-state index in [0.717, 1.165) is 30.3 Å². The van der Waals surface area contributed by atoms with Crippen LogP contribution in [-0.2, 0) is 6.18 Å². The Hall–Kier alpha value is -2.08. The van der Waals surface area contributed by atoms with Crippen LogP contribution in [0.3, 0.4) is 0 Å². The van der Waals surface area contributed by atoms with Crippen molar-refractivity contribution in [2.24, 2.45) is 0 Å². The van der Waals surface area contributed by atoms with E-state index in [2.05, 4.69) is 5.32 Å². The van der Waals surface area contributed by atoms with E-state index in [9.17, 15) is 22.4 Å². The first kappa shape index (κ1) is 15.3. The van der Waals surface area contributed by atoms with Gasteiger partial charge in [0.05, 0.1) is 11.3 Å². The molecule has 0 aliphatic heterocycles. The maximum Gasteiger partial charge on any atom is 0.416 e. The van der Waals surface area contributed by atoms with Crippen LogP contribution >= 0.6 is 11.6 Å². The van der Waals surface area contributed by atoms with Gasteiger partial charge in [-0.25, -0.2) is 4.39 Å². The first-order valence-corrected chi connectivity index (χ1v) is 6.09. The number of hydrogen-bond donors (Lipinski definition) is 1. The van der Waals surface area contributed by atoms with Crippen LogP contribution in [0.4, 0.5) is 23.2 Å². The molecule has 0 spiro atoms. The van der Waals surface area contributed by atoms with Crippen molar-refractivity contribution in [1.29, 1.82) is 0 Å². The maximum absolute atomic E-state index is 13.5. The summed E-state index contributed by atoms with van der Waals surface area (Å²) in [6.07, 6.45) is -4.47. The molecule has 2 nitrogen and oxygen atoms in total. The van der Waals surface area contributed by atoms with Crippen molar-refractivity contribution in [2.45, 2.75) is 6.18 Å². The third-order valence-corrected chi connectivity index (χ3v) is 2.89. The van der Waals surface area contributed by atoms with Gasteiger partial charge in [-0.2, -0.15) is 13.2 Å². The van der Waals surface area contributed by atoms with Crippen LogP contribution in [0, 0.1) is 5.82 Å². The molecule has 0 saturated heterocycles. The lowest BCUT2D eigenvalue weighted by Crippen LogP contribution is -2.13. The Morgan fingerprint density at radius 2 is 1.67 bits per heavy atom. The van der Waals surface area contributed by atoms with E-state index >= 15 is 0 Å². The molecule has 0 atom stereocenters. The molecule has 1 amide bonds. The maximum atomic E-state index is 13.5. The molecule has 0 aromatic heterocycles. The molecule has 2 aromatic carbocycles. The monoisotopic (exact) mass is 317 g/mol. The first-order valence-electron chi connectivity index (χ1n) is 5.71. The van der Waals surface area contributed by atoms with Gasteiger partial charge in [0.25, 0.3) is 5.91 Å². The number of anilines is 1. The molecular weight excluding hydrogens is 310 g/mol. The second kappa shape index (κ2) is 5.73. The molecule has 0 bridgehead atoms. The molecule has 0 radical (unpaired) electrons. The lowest BCUT2D eigenvalue weighted by Gasteiger charge is -2.09. The largest absolute Gasteiger partial charge is 0.416 e. The quantitative estimate of drug-likeness (QED) is 0.796. The molecule has 1 N–H and O–H groups in total. The molecule has 21 heavy (non-hydrogen) atoms. The highest BCUT2D eigenvalue weighted by Gasteiger charge is 2.30. The number of rotatable bonds is 2. The minimum absolute atomic E-state index is 0.0163. The van der Waals surface area contributed by atoms with Crippen molar-refractivity contribution in [3.63, 3.8) is 0 Å². The highest BCUT2D eigenvalue weighted by molar-refractivity contribution is 6.30. The summed E-state index contributed by atoms with van der Waals surface area (Å²) in [4.78, 5) is 11.8. The SMILES string of the molecule is O=C(Nc1ccc(Cl)cc1F)c1ccc(C(F)(F)F)cc1. The summed E-state index contributed by atoms with van der Waals surface area (Å²) in [6.45, 7) is 0. The normalized spacial score (nSPS) is 11.3. The van der Waals surface area contributed by atoms with E-state index in [-0.39, 0.29) is 16.3 Å². The first-order chi connectivity index (χ1) is 9.77. The Kier molecular flexibility index (Phi) is 4.18. The molecule has 0 unspecified atom stereocenters. The summed E-state index contributed by atoms with van der Waals surface area (Å²) in [5.74, 6) is -1.45. The average molecular weight is 318 g/mol. The molecule has 2 rings (SSSR count). The molecule has 7 heteroatoms. The Morgan fingerprint density at radius 3 is 2.19 bits per heavy atom. The third-order valence-electron chi connectivity index (χ3n) is 2.65. The Balaban J connectivity index is 2.17. The molecule has 0 aliphatic carbocycles. The third kappa shape index (κ3) is 3.72. The van der Waals surface area contributed by atoms with E-state index in [1.54, 1.807) is 0 Å². The molecule has 0 saturated carbocycles. The van der Waals surface area contributed by atoms with Crippen molar-refractivity contribution in [3.8, 4) is 0 Å². The smallest absolute Gasteiger partial charge is 0.319 e. The summed E-state index contributed by atoms with van der Waals surface area (Å²) >= 11 is 5.57. The lowest BCUT2D eigenvalue weighted by atomic mass is 10.1. The minimum Gasteiger partial charge on any atom is -0.319 e. The topological polar surface area (TPSA) is 29.1 Å². The predicted octanol–water partition coefficient (Wildman–Crippen LogP) is 4.75. The summed E-state index contributed by atoms with van der Waals surface area (Å²) in [7, 11) is 0. The van der Waals surface area contributed by atoms with Gasteiger partial charge in [0.15, 0.2) is 0 Å². The van der Waals surface area contributed by atoms with Gasteiger partial charge in [-0.3, -0.25) is 4.79 Å². The molecule has 0 aliphatic rings. The minimum atomic E-state index is -4.47. The number of nitrogens with one attached hydrogen (secondary N) is 1. The fraction of sp³-hybridized carbons (Fsp3) is 0.0714. The number of halogens is 5. The van der Waals surface area contributed by atoms with Gasteiger partial charge in [0.2, 0.25) is 0 Å². The van der Waals surface area contributed by atoms with Crippen LogP contribution in [0.5, 0.6) is 0 Å². The van der Waals surface area contributed by atoms with Crippen LogP contribution in [0.2, 0.25) is 5.02 Å². The van der Waals surface area contributed by atoms with Gasteiger partial charge >= 0.3 is 6.18 Å². The number of carbonyl (C=O) groups is 1. The number of benzene rings is 2. The molecule has 110 valence electrons. The summed E-state index contributed by atoms with van der Waals surface area (Å²) in [5, 5.41) is 2.42. The summed E-state index contributed by atoms with van der Waals surface area (Å²) < 4.78 is 50.7. The number of carbonyl (C=O) groups excluding carboxylic acids is 1. The highest BCUT2D eigenvalue weighted by atomic mass is 35.5. The number of amides is 1. The Bertz CT molecular complexity index is 668.